The zero-order valence-electron chi connectivity index (χ0n) is 11.4. The number of nitrogens with one attached hydrogen (secondary N) is 1. The maximum atomic E-state index is 3.44. The predicted molar refractivity (Wildman–Crippen MR) is 76.1 cm³/mol. The standard InChI is InChI=1S/C16H24N2/c1-18(16-7-9-17-12-16)10-8-13-5-6-14-3-2-4-15(14)11-13/h5-6,11,16-17H,2-4,7-10,12H2,1H3. The third kappa shape index (κ3) is 2.60. The van der Waals surface area contributed by atoms with E-state index in [0.717, 1.165) is 6.04 Å². The fourth-order valence-electron chi connectivity index (χ4n) is 3.28. The van der Waals surface area contributed by atoms with Crippen LogP contribution in [-0.4, -0.2) is 37.6 Å². The number of rotatable bonds is 4. The average Bonchev–Trinajstić information content (AvgIpc) is 3.05. The molecule has 1 unspecified atom stereocenters. The van der Waals surface area contributed by atoms with Crippen molar-refractivity contribution in [2.75, 3.05) is 26.7 Å². The third-order valence-corrected chi connectivity index (χ3v) is 4.57. The maximum Gasteiger partial charge on any atom is 0.0229 e. The number of fused-ring (bicyclic) bond motifs is 1. The lowest BCUT2D eigenvalue weighted by Crippen LogP contribution is -2.34. The van der Waals surface area contributed by atoms with Crippen LogP contribution < -0.4 is 5.32 Å². The van der Waals surface area contributed by atoms with E-state index in [4.69, 9.17) is 0 Å². The summed E-state index contributed by atoms with van der Waals surface area (Å²) in [4.78, 5) is 2.52. The van der Waals surface area contributed by atoms with Crippen molar-refractivity contribution in [3.8, 4) is 0 Å². The summed E-state index contributed by atoms with van der Waals surface area (Å²) < 4.78 is 0. The van der Waals surface area contributed by atoms with Gasteiger partial charge in [0.25, 0.3) is 0 Å². The number of hydrogen-bond acceptors (Lipinski definition) is 2. The van der Waals surface area contributed by atoms with Gasteiger partial charge in [-0.25, -0.2) is 0 Å². The summed E-state index contributed by atoms with van der Waals surface area (Å²) in [5.41, 5.74) is 4.72. The molecular weight excluding hydrogens is 220 g/mol. The van der Waals surface area contributed by atoms with E-state index in [1.165, 1.54) is 57.3 Å². The summed E-state index contributed by atoms with van der Waals surface area (Å²) in [6, 6.07) is 7.89. The van der Waals surface area contributed by atoms with Crippen LogP contribution >= 0.6 is 0 Å². The van der Waals surface area contributed by atoms with E-state index >= 15 is 0 Å². The molecule has 0 bridgehead atoms. The Morgan fingerprint density at radius 1 is 1.28 bits per heavy atom. The molecule has 98 valence electrons. The minimum Gasteiger partial charge on any atom is -0.315 e. The van der Waals surface area contributed by atoms with E-state index in [0.29, 0.717) is 0 Å². The molecule has 1 fully saturated rings. The Hall–Kier alpha value is -0.860. The van der Waals surface area contributed by atoms with Gasteiger partial charge in [0.2, 0.25) is 0 Å². The van der Waals surface area contributed by atoms with Gasteiger partial charge in [-0.05, 0) is 62.4 Å². The summed E-state index contributed by atoms with van der Waals surface area (Å²) in [5, 5.41) is 3.44. The SMILES string of the molecule is CN(CCc1ccc2c(c1)CCC2)C1CCNC1. The van der Waals surface area contributed by atoms with E-state index in [9.17, 15) is 0 Å². The Bertz CT molecular complexity index is 408. The molecule has 1 aliphatic heterocycles. The van der Waals surface area contributed by atoms with Crippen molar-refractivity contribution in [1.82, 2.24) is 10.2 Å². The molecule has 1 heterocycles. The van der Waals surface area contributed by atoms with Crippen molar-refractivity contribution in [3.05, 3.63) is 34.9 Å². The summed E-state index contributed by atoms with van der Waals surface area (Å²) in [6.45, 7) is 3.54. The molecule has 1 aromatic rings. The molecule has 18 heavy (non-hydrogen) atoms. The predicted octanol–water partition coefficient (Wildman–Crippen LogP) is 2.01. The van der Waals surface area contributed by atoms with Gasteiger partial charge in [-0.2, -0.15) is 0 Å². The summed E-state index contributed by atoms with van der Waals surface area (Å²) >= 11 is 0. The molecule has 1 aromatic carbocycles. The lowest BCUT2D eigenvalue weighted by Gasteiger charge is -2.23. The van der Waals surface area contributed by atoms with E-state index in [1.54, 1.807) is 11.1 Å². The molecule has 1 N–H and O–H groups in total. The van der Waals surface area contributed by atoms with Gasteiger partial charge in [0, 0.05) is 19.1 Å². The number of hydrogen-bond donors (Lipinski definition) is 1. The highest BCUT2D eigenvalue weighted by Gasteiger charge is 2.18. The van der Waals surface area contributed by atoms with Crippen LogP contribution in [0.3, 0.4) is 0 Å². The lowest BCUT2D eigenvalue weighted by molar-refractivity contribution is 0.260. The second kappa shape index (κ2) is 5.41. The highest BCUT2D eigenvalue weighted by molar-refractivity contribution is 5.35. The molecular formula is C16H24N2. The first-order valence-corrected chi connectivity index (χ1v) is 7.34. The van der Waals surface area contributed by atoms with Crippen LogP contribution in [0.1, 0.15) is 29.5 Å². The van der Waals surface area contributed by atoms with Crippen LogP contribution in [0.15, 0.2) is 18.2 Å². The topological polar surface area (TPSA) is 15.3 Å². The second-order valence-corrected chi connectivity index (χ2v) is 5.83. The molecule has 0 amide bonds. The molecule has 2 heteroatoms. The lowest BCUT2D eigenvalue weighted by atomic mass is 10.0. The van der Waals surface area contributed by atoms with E-state index in [2.05, 4.69) is 35.5 Å². The number of likely N-dealkylation sites (N-methyl/N-ethyl adjacent to an activating group) is 1. The Morgan fingerprint density at radius 2 is 2.17 bits per heavy atom. The van der Waals surface area contributed by atoms with Crippen LogP contribution in [0.2, 0.25) is 0 Å². The van der Waals surface area contributed by atoms with Crippen LogP contribution in [0, 0.1) is 0 Å². The largest absolute Gasteiger partial charge is 0.315 e. The first-order valence-electron chi connectivity index (χ1n) is 7.34. The van der Waals surface area contributed by atoms with Crippen molar-refractivity contribution >= 4 is 0 Å². The number of nitrogens with zero attached hydrogens (tertiary/aromatic N) is 1. The molecule has 0 radical (unpaired) electrons. The fraction of sp³-hybridized carbons (Fsp3) is 0.625. The highest BCUT2D eigenvalue weighted by Crippen LogP contribution is 2.23. The number of benzene rings is 1. The summed E-state index contributed by atoms with van der Waals surface area (Å²) in [5.74, 6) is 0. The molecule has 1 aliphatic carbocycles. The second-order valence-electron chi connectivity index (χ2n) is 5.83. The molecule has 2 aliphatic rings. The molecule has 0 aromatic heterocycles. The van der Waals surface area contributed by atoms with Crippen LogP contribution in [0.5, 0.6) is 0 Å². The molecule has 3 rings (SSSR count). The van der Waals surface area contributed by atoms with Gasteiger partial charge in [0.15, 0.2) is 0 Å². The van der Waals surface area contributed by atoms with E-state index < -0.39 is 0 Å². The van der Waals surface area contributed by atoms with E-state index in [1.807, 2.05) is 0 Å². The molecule has 0 saturated carbocycles. The zero-order valence-corrected chi connectivity index (χ0v) is 11.4. The van der Waals surface area contributed by atoms with Crippen LogP contribution in [0.4, 0.5) is 0 Å². The van der Waals surface area contributed by atoms with Gasteiger partial charge in [0.05, 0.1) is 0 Å². The van der Waals surface area contributed by atoms with Gasteiger partial charge in [-0.15, -0.1) is 0 Å². The minimum atomic E-state index is 0.749. The van der Waals surface area contributed by atoms with Crippen molar-refractivity contribution in [1.29, 1.82) is 0 Å². The van der Waals surface area contributed by atoms with E-state index in [-0.39, 0.29) is 0 Å². The summed E-state index contributed by atoms with van der Waals surface area (Å²) in [6.07, 6.45) is 6.45. The zero-order chi connectivity index (χ0) is 12.4. The monoisotopic (exact) mass is 244 g/mol. The van der Waals surface area contributed by atoms with Crippen molar-refractivity contribution in [2.24, 2.45) is 0 Å². The van der Waals surface area contributed by atoms with Gasteiger partial charge in [0.1, 0.15) is 0 Å². The van der Waals surface area contributed by atoms with Gasteiger partial charge >= 0.3 is 0 Å². The maximum absolute atomic E-state index is 3.44. The quantitative estimate of drug-likeness (QED) is 0.871. The minimum absolute atomic E-state index is 0.749. The highest BCUT2D eigenvalue weighted by atomic mass is 15.2. The normalized spacial score (nSPS) is 22.7. The van der Waals surface area contributed by atoms with Crippen molar-refractivity contribution in [2.45, 2.75) is 38.1 Å². The Kier molecular flexibility index (Phi) is 3.67. The van der Waals surface area contributed by atoms with Crippen molar-refractivity contribution in [3.63, 3.8) is 0 Å². The molecule has 1 atom stereocenters. The Balaban J connectivity index is 1.56. The molecule has 0 spiro atoms. The Labute approximate surface area is 110 Å². The van der Waals surface area contributed by atoms with Crippen LogP contribution in [0.25, 0.3) is 0 Å². The first kappa shape index (κ1) is 12.2. The third-order valence-electron chi connectivity index (χ3n) is 4.57. The Morgan fingerprint density at radius 3 is 3.00 bits per heavy atom. The average molecular weight is 244 g/mol. The van der Waals surface area contributed by atoms with Crippen molar-refractivity contribution < 1.29 is 0 Å². The first-order chi connectivity index (χ1) is 8.83. The smallest absolute Gasteiger partial charge is 0.0229 e. The van der Waals surface area contributed by atoms with Crippen LogP contribution in [-0.2, 0) is 19.3 Å². The van der Waals surface area contributed by atoms with Gasteiger partial charge < -0.3 is 10.2 Å². The molecule has 1 saturated heterocycles. The number of aryl methyl sites for hydroxylation is 2. The summed E-state index contributed by atoms with van der Waals surface area (Å²) in [7, 11) is 2.27. The fourth-order valence-corrected chi connectivity index (χ4v) is 3.28. The molecule has 2 nitrogen and oxygen atoms in total. The van der Waals surface area contributed by atoms with Gasteiger partial charge in [-0.1, -0.05) is 18.2 Å². The van der Waals surface area contributed by atoms with Gasteiger partial charge in [-0.3, -0.25) is 0 Å².